The van der Waals surface area contributed by atoms with Gasteiger partial charge in [0.1, 0.15) is 30.5 Å². The minimum atomic E-state index is -1.49. The summed E-state index contributed by atoms with van der Waals surface area (Å²) in [7, 11) is 0. The molecule has 6 atom stereocenters. The van der Waals surface area contributed by atoms with Crippen LogP contribution in [0.1, 0.15) is 71.1 Å². The average molecular weight is 423 g/mol. The van der Waals surface area contributed by atoms with Gasteiger partial charge in [0.2, 0.25) is 0 Å². The zero-order valence-corrected chi connectivity index (χ0v) is 17.8. The van der Waals surface area contributed by atoms with Crippen LogP contribution in [0.2, 0.25) is 0 Å². The predicted molar refractivity (Wildman–Crippen MR) is 108 cm³/mol. The van der Waals surface area contributed by atoms with Crippen LogP contribution in [-0.4, -0.2) is 88.8 Å². The third kappa shape index (κ3) is 11.0. The van der Waals surface area contributed by atoms with Crippen molar-refractivity contribution in [1.82, 2.24) is 0 Å². The first-order chi connectivity index (χ1) is 14.0. The van der Waals surface area contributed by atoms with Gasteiger partial charge in [0.25, 0.3) is 0 Å². The molecule has 1 fully saturated rings. The molecule has 1 aliphatic rings. The number of aliphatic hydroxyl groups is 5. The van der Waals surface area contributed by atoms with Crippen molar-refractivity contribution in [2.24, 2.45) is 0 Å². The van der Waals surface area contributed by atoms with Crippen molar-refractivity contribution in [1.29, 1.82) is 0 Å². The summed E-state index contributed by atoms with van der Waals surface area (Å²) in [6, 6.07) is 0. The molecule has 1 heterocycles. The van der Waals surface area contributed by atoms with Gasteiger partial charge in [-0.3, -0.25) is 0 Å². The van der Waals surface area contributed by atoms with E-state index in [4.69, 9.17) is 19.3 Å². The van der Waals surface area contributed by atoms with Crippen LogP contribution < -0.4 is 0 Å². The first-order valence-electron chi connectivity index (χ1n) is 11.2. The molecule has 0 bridgehead atoms. The van der Waals surface area contributed by atoms with Crippen molar-refractivity contribution >= 4 is 0 Å². The van der Waals surface area contributed by atoms with Gasteiger partial charge >= 0.3 is 0 Å². The summed E-state index contributed by atoms with van der Waals surface area (Å²) in [5.41, 5.74) is 0. The smallest absolute Gasteiger partial charge is 0.186 e. The maximum atomic E-state index is 9.92. The minimum Gasteiger partial charge on any atom is -0.394 e. The topological polar surface area (TPSA) is 129 Å². The van der Waals surface area contributed by atoms with Crippen LogP contribution >= 0.6 is 0 Å². The monoisotopic (exact) mass is 422 g/mol. The van der Waals surface area contributed by atoms with Crippen molar-refractivity contribution in [3.05, 3.63) is 0 Å². The van der Waals surface area contributed by atoms with Gasteiger partial charge in [-0.15, -0.1) is 0 Å². The maximum Gasteiger partial charge on any atom is 0.186 e. The van der Waals surface area contributed by atoms with Crippen molar-refractivity contribution in [3.8, 4) is 0 Å². The Balaban J connectivity index is 1.99. The summed E-state index contributed by atoms with van der Waals surface area (Å²) < 4.78 is 15.9. The lowest BCUT2D eigenvalue weighted by Gasteiger charge is -2.39. The molecule has 0 aliphatic carbocycles. The molecular weight excluding hydrogens is 380 g/mol. The van der Waals surface area contributed by atoms with E-state index in [2.05, 4.69) is 6.92 Å². The Morgan fingerprint density at radius 3 is 1.97 bits per heavy atom. The summed E-state index contributed by atoms with van der Waals surface area (Å²) >= 11 is 0. The molecule has 0 aromatic heterocycles. The van der Waals surface area contributed by atoms with E-state index in [1.54, 1.807) is 0 Å². The molecule has 1 saturated heterocycles. The second-order valence-electron chi connectivity index (χ2n) is 7.94. The molecule has 0 radical (unpaired) electrons. The SMILES string of the molecule is CCCCCCCCCCCCOCC(O)CO[C@H]1O[C@H](CO)[C@H](O)[C@H](O)[C@H]1O. The van der Waals surface area contributed by atoms with Gasteiger partial charge in [0, 0.05) is 6.61 Å². The van der Waals surface area contributed by atoms with Crippen molar-refractivity contribution in [2.45, 2.75) is 108 Å². The maximum absolute atomic E-state index is 9.92. The van der Waals surface area contributed by atoms with E-state index in [0.29, 0.717) is 6.61 Å². The van der Waals surface area contributed by atoms with Gasteiger partial charge in [-0.1, -0.05) is 64.7 Å². The van der Waals surface area contributed by atoms with E-state index < -0.39 is 43.4 Å². The van der Waals surface area contributed by atoms with Gasteiger partial charge in [-0.2, -0.15) is 0 Å². The summed E-state index contributed by atoms with van der Waals surface area (Å²) in [6.45, 7) is 2.24. The van der Waals surface area contributed by atoms with Crippen LogP contribution in [-0.2, 0) is 14.2 Å². The number of aliphatic hydroxyl groups excluding tert-OH is 5. The van der Waals surface area contributed by atoms with E-state index >= 15 is 0 Å². The third-order valence-corrected chi connectivity index (χ3v) is 5.25. The van der Waals surface area contributed by atoms with Crippen LogP contribution in [0.15, 0.2) is 0 Å². The third-order valence-electron chi connectivity index (χ3n) is 5.25. The van der Waals surface area contributed by atoms with Crippen LogP contribution in [0.5, 0.6) is 0 Å². The average Bonchev–Trinajstić information content (AvgIpc) is 2.72. The van der Waals surface area contributed by atoms with Crippen molar-refractivity contribution in [3.63, 3.8) is 0 Å². The molecule has 0 aromatic rings. The molecule has 0 saturated carbocycles. The lowest BCUT2D eigenvalue weighted by Crippen LogP contribution is -2.59. The Kier molecular flexibility index (Phi) is 15.1. The van der Waals surface area contributed by atoms with Crippen LogP contribution in [0, 0.1) is 0 Å². The zero-order chi connectivity index (χ0) is 21.5. The van der Waals surface area contributed by atoms with Gasteiger partial charge in [0.05, 0.1) is 19.8 Å². The molecule has 0 amide bonds. The number of hydrogen-bond acceptors (Lipinski definition) is 8. The fourth-order valence-electron chi connectivity index (χ4n) is 3.37. The van der Waals surface area contributed by atoms with Crippen molar-refractivity contribution < 1.29 is 39.7 Å². The Bertz CT molecular complexity index is 382. The van der Waals surface area contributed by atoms with Gasteiger partial charge in [-0.05, 0) is 6.42 Å². The van der Waals surface area contributed by atoms with E-state index in [-0.39, 0.29) is 13.2 Å². The van der Waals surface area contributed by atoms with Crippen LogP contribution in [0.4, 0.5) is 0 Å². The van der Waals surface area contributed by atoms with Crippen LogP contribution in [0.25, 0.3) is 0 Å². The number of hydrogen-bond donors (Lipinski definition) is 5. The van der Waals surface area contributed by atoms with E-state index in [1.165, 1.54) is 51.4 Å². The molecule has 1 rings (SSSR count). The van der Waals surface area contributed by atoms with Crippen LogP contribution in [0.3, 0.4) is 0 Å². The van der Waals surface area contributed by atoms with Crippen molar-refractivity contribution in [2.75, 3.05) is 26.4 Å². The molecule has 5 N–H and O–H groups in total. The number of rotatable bonds is 17. The zero-order valence-electron chi connectivity index (χ0n) is 17.8. The molecule has 0 aromatic carbocycles. The molecule has 1 aliphatic heterocycles. The highest BCUT2D eigenvalue weighted by molar-refractivity contribution is 4.88. The Hall–Kier alpha value is -0.320. The van der Waals surface area contributed by atoms with E-state index in [0.717, 1.165) is 12.8 Å². The van der Waals surface area contributed by atoms with Gasteiger partial charge < -0.3 is 39.7 Å². The molecule has 1 unspecified atom stereocenters. The fraction of sp³-hybridized carbons (Fsp3) is 1.00. The second-order valence-corrected chi connectivity index (χ2v) is 7.94. The Morgan fingerprint density at radius 1 is 0.793 bits per heavy atom. The molecular formula is C21H42O8. The predicted octanol–water partition coefficient (Wildman–Crippen LogP) is 1.10. The summed E-state index contributed by atoms with van der Waals surface area (Å²) in [5, 5.41) is 48.3. The summed E-state index contributed by atoms with van der Waals surface area (Å²) in [4.78, 5) is 0. The highest BCUT2D eigenvalue weighted by atomic mass is 16.7. The first-order valence-corrected chi connectivity index (χ1v) is 11.2. The molecule has 29 heavy (non-hydrogen) atoms. The summed E-state index contributed by atoms with van der Waals surface area (Å²) in [5.74, 6) is 0. The number of ether oxygens (including phenoxy) is 3. The summed E-state index contributed by atoms with van der Waals surface area (Å²) in [6.07, 6.45) is 4.97. The largest absolute Gasteiger partial charge is 0.394 e. The second kappa shape index (κ2) is 16.4. The Morgan fingerprint density at radius 2 is 1.38 bits per heavy atom. The van der Waals surface area contributed by atoms with Gasteiger partial charge in [-0.25, -0.2) is 0 Å². The highest BCUT2D eigenvalue weighted by Gasteiger charge is 2.44. The lowest BCUT2D eigenvalue weighted by molar-refractivity contribution is -0.305. The standard InChI is InChI=1S/C21H42O8/c1-2-3-4-5-6-7-8-9-10-11-12-27-14-16(23)15-28-21-20(26)19(25)18(24)17(13-22)29-21/h16-26H,2-15H2,1H3/t16?,17-,18+,19+,20-,21+/m1/s1. The highest BCUT2D eigenvalue weighted by Crippen LogP contribution is 2.22. The first kappa shape index (κ1) is 26.7. The van der Waals surface area contributed by atoms with E-state index in [9.17, 15) is 20.4 Å². The van der Waals surface area contributed by atoms with Gasteiger partial charge in [0.15, 0.2) is 6.29 Å². The molecule has 0 spiro atoms. The van der Waals surface area contributed by atoms with E-state index in [1.807, 2.05) is 0 Å². The quantitative estimate of drug-likeness (QED) is 0.220. The fourth-order valence-corrected chi connectivity index (χ4v) is 3.37. The lowest BCUT2D eigenvalue weighted by atomic mass is 9.99. The minimum absolute atomic E-state index is 0.106. The number of unbranched alkanes of at least 4 members (excludes halogenated alkanes) is 9. The normalized spacial score (nSPS) is 28.6. The molecule has 8 heteroatoms. The molecule has 8 nitrogen and oxygen atoms in total. The molecule has 174 valence electrons. The Labute approximate surface area is 174 Å².